The maximum absolute atomic E-state index is 14.8. The highest BCUT2D eigenvalue weighted by Gasteiger charge is 2.32. The van der Waals surface area contributed by atoms with Crippen molar-refractivity contribution in [3.8, 4) is 34.1 Å². The Morgan fingerprint density at radius 1 is 1.00 bits per heavy atom. The van der Waals surface area contributed by atoms with E-state index in [-0.39, 0.29) is 41.9 Å². The zero-order valence-electron chi connectivity index (χ0n) is 22.3. The Balaban J connectivity index is 1.58. The number of hydrogen-bond acceptors (Lipinski definition) is 6. The van der Waals surface area contributed by atoms with Crippen LogP contribution in [0.5, 0.6) is 11.6 Å². The first kappa shape index (κ1) is 29.5. The predicted molar refractivity (Wildman–Crippen MR) is 160 cm³/mol. The van der Waals surface area contributed by atoms with Crippen LogP contribution in [0.1, 0.15) is 30.3 Å². The quantitative estimate of drug-likeness (QED) is 0.132. The molecular weight excluding hydrogens is 661 g/mol. The Labute approximate surface area is 252 Å². The molecular formula is C30H27F2IN4O5. The Bertz CT molecular complexity index is 1710. The number of aromatic nitrogens is 4. The van der Waals surface area contributed by atoms with E-state index in [2.05, 4.69) is 15.0 Å². The number of halogens is 3. The average Bonchev–Trinajstić information content (AvgIpc) is 3.57. The average molecular weight is 688 g/mol. The molecule has 0 radical (unpaired) electrons. The van der Waals surface area contributed by atoms with Crippen molar-refractivity contribution < 1.29 is 28.8 Å². The van der Waals surface area contributed by atoms with Crippen LogP contribution in [-0.4, -0.2) is 54.2 Å². The molecule has 42 heavy (non-hydrogen) atoms. The summed E-state index contributed by atoms with van der Waals surface area (Å²) < 4.78 is 36.6. The number of hydrogen-bond donors (Lipinski definition) is 5. The minimum Gasteiger partial charge on any atom is -0.493 e. The van der Waals surface area contributed by atoms with E-state index in [1.807, 2.05) is 59.8 Å². The predicted octanol–water partition coefficient (Wildman–Crippen LogP) is 4.95. The Morgan fingerprint density at radius 3 is 2.26 bits per heavy atom. The van der Waals surface area contributed by atoms with Crippen molar-refractivity contribution in [2.24, 2.45) is 0 Å². The van der Waals surface area contributed by atoms with E-state index >= 15 is 0 Å². The van der Waals surface area contributed by atoms with Gasteiger partial charge in [-0.15, -0.1) is 0 Å². The van der Waals surface area contributed by atoms with Gasteiger partial charge in [-0.25, -0.2) is 18.6 Å². The van der Waals surface area contributed by atoms with Gasteiger partial charge in [0.15, 0.2) is 0 Å². The first-order valence-electron chi connectivity index (χ1n) is 13.0. The van der Waals surface area contributed by atoms with Gasteiger partial charge < -0.3 is 30.0 Å². The zero-order chi connectivity index (χ0) is 30.0. The van der Waals surface area contributed by atoms with E-state index in [0.29, 0.717) is 14.9 Å². The number of aliphatic hydroxyl groups is 2. The summed E-state index contributed by atoms with van der Waals surface area (Å²) in [7, 11) is 0. The van der Waals surface area contributed by atoms with Gasteiger partial charge in [0.05, 0.1) is 30.7 Å². The van der Waals surface area contributed by atoms with Crippen LogP contribution >= 0.6 is 22.6 Å². The van der Waals surface area contributed by atoms with Crippen molar-refractivity contribution in [2.75, 3.05) is 13.2 Å². The lowest BCUT2D eigenvalue weighted by atomic mass is 9.92. The molecule has 0 saturated carbocycles. The topological polar surface area (TPSA) is 136 Å². The van der Waals surface area contributed by atoms with E-state index in [0.717, 1.165) is 10.1 Å². The first-order valence-corrected chi connectivity index (χ1v) is 14.1. The molecule has 5 aromatic rings. The van der Waals surface area contributed by atoms with Crippen LogP contribution in [0.2, 0.25) is 0 Å². The monoisotopic (exact) mass is 688 g/mol. The lowest BCUT2D eigenvalue weighted by Crippen LogP contribution is -2.27. The van der Waals surface area contributed by atoms with E-state index in [9.17, 15) is 28.9 Å². The van der Waals surface area contributed by atoms with Crippen LogP contribution in [0, 0.1) is 15.2 Å². The molecule has 0 aliphatic rings. The number of aromatic amines is 2. The van der Waals surface area contributed by atoms with E-state index < -0.39 is 35.4 Å². The number of H-pyrrole nitrogens is 2. The number of rotatable bonds is 10. The first-order chi connectivity index (χ1) is 20.2. The number of nitrogens with one attached hydrogen (secondary N) is 2. The van der Waals surface area contributed by atoms with Crippen molar-refractivity contribution in [1.82, 2.24) is 19.5 Å². The second-order valence-corrected chi connectivity index (χ2v) is 10.9. The molecule has 2 heterocycles. The van der Waals surface area contributed by atoms with Gasteiger partial charge in [0, 0.05) is 15.1 Å². The maximum atomic E-state index is 14.8. The molecule has 218 valence electrons. The highest BCUT2D eigenvalue weighted by molar-refractivity contribution is 14.1. The van der Waals surface area contributed by atoms with E-state index in [4.69, 9.17) is 4.74 Å². The third-order valence-corrected chi connectivity index (χ3v) is 7.61. The molecule has 0 spiro atoms. The van der Waals surface area contributed by atoms with Gasteiger partial charge in [-0.3, -0.25) is 4.57 Å². The zero-order valence-corrected chi connectivity index (χ0v) is 24.4. The molecule has 0 amide bonds. The number of benzene rings is 3. The van der Waals surface area contributed by atoms with Crippen LogP contribution in [-0.2, 0) is 0 Å². The number of ether oxygens (including phenoxy) is 1. The molecule has 0 saturated heterocycles. The second-order valence-electron chi connectivity index (χ2n) is 9.70. The molecule has 0 bridgehead atoms. The molecule has 0 fully saturated rings. The summed E-state index contributed by atoms with van der Waals surface area (Å²) in [4.78, 5) is 23.5. The van der Waals surface area contributed by atoms with Crippen molar-refractivity contribution in [1.29, 1.82) is 0 Å². The van der Waals surface area contributed by atoms with Gasteiger partial charge in [0.25, 0.3) is 0 Å². The third kappa shape index (κ3) is 5.82. The Kier molecular flexibility index (Phi) is 8.75. The third-order valence-electron chi connectivity index (χ3n) is 6.98. The summed E-state index contributed by atoms with van der Waals surface area (Å²) in [5.74, 6) is -1.72. The smallest absolute Gasteiger partial charge is 0.329 e. The number of nitrogens with zero attached hydrogens (tertiary/aromatic N) is 2. The summed E-state index contributed by atoms with van der Waals surface area (Å²) in [6.45, 7) is 1.12. The van der Waals surface area contributed by atoms with Crippen molar-refractivity contribution in [3.05, 3.63) is 110 Å². The fraction of sp³-hybridized carbons (Fsp3) is 0.200. The normalized spacial score (nSPS) is 12.9. The summed E-state index contributed by atoms with van der Waals surface area (Å²) in [5, 5.41) is 29.9. The van der Waals surface area contributed by atoms with Gasteiger partial charge in [-0.1, -0.05) is 37.3 Å². The molecule has 9 nitrogen and oxygen atoms in total. The summed E-state index contributed by atoms with van der Waals surface area (Å²) >= 11 is 1.83. The fourth-order valence-electron chi connectivity index (χ4n) is 4.86. The highest BCUT2D eigenvalue weighted by Crippen LogP contribution is 2.38. The van der Waals surface area contributed by atoms with Gasteiger partial charge >= 0.3 is 5.69 Å². The van der Waals surface area contributed by atoms with Crippen LogP contribution in [0.4, 0.5) is 8.78 Å². The van der Waals surface area contributed by atoms with Crippen molar-refractivity contribution in [3.63, 3.8) is 0 Å². The van der Waals surface area contributed by atoms with Crippen molar-refractivity contribution >= 4 is 22.6 Å². The molecule has 0 aliphatic heterocycles. The summed E-state index contributed by atoms with van der Waals surface area (Å²) in [5.41, 5.74) is 0.627. The number of imidazole rings is 2. The molecule has 0 unspecified atom stereocenters. The van der Waals surface area contributed by atoms with E-state index in [1.54, 1.807) is 24.3 Å². The largest absolute Gasteiger partial charge is 0.493 e. The van der Waals surface area contributed by atoms with Crippen LogP contribution in [0.15, 0.2) is 77.7 Å². The molecule has 2 aromatic heterocycles. The van der Waals surface area contributed by atoms with Gasteiger partial charge in [0.2, 0.25) is 5.88 Å². The van der Waals surface area contributed by atoms with Gasteiger partial charge in [-0.2, -0.15) is 0 Å². The maximum Gasteiger partial charge on any atom is 0.329 e. The van der Waals surface area contributed by atoms with Crippen LogP contribution < -0.4 is 10.4 Å². The van der Waals surface area contributed by atoms with Crippen LogP contribution in [0.25, 0.3) is 22.5 Å². The lowest BCUT2D eigenvalue weighted by molar-refractivity contribution is 0.0629. The van der Waals surface area contributed by atoms with Gasteiger partial charge in [-0.05, 0) is 64.6 Å². The molecule has 3 aromatic carbocycles. The fourth-order valence-corrected chi connectivity index (χ4v) is 5.41. The summed E-state index contributed by atoms with van der Waals surface area (Å²) in [6.07, 6.45) is 0.513. The molecule has 12 heteroatoms. The van der Waals surface area contributed by atoms with Crippen molar-refractivity contribution in [2.45, 2.75) is 25.0 Å². The highest BCUT2D eigenvalue weighted by atomic mass is 127. The minimum atomic E-state index is -0.897. The Morgan fingerprint density at radius 2 is 1.64 bits per heavy atom. The SMILES string of the molecule is C[C@@H](c1ccccc1)[C@@H](c1ncc(-c2c(F)cc(I)cc2F)[nH]1)n1c(O)c(-c2ccc(OC(CO)CO)cc2)[nH]c1=O. The second kappa shape index (κ2) is 12.5. The Hall–Kier alpha value is -4.01. The summed E-state index contributed by atoms with van der Waals surface area (Å²) in [6, 6.07) is 17.2. The van der Waals surface area contributed by atoms with Crippen LogP contribution in [0.3, 0.4) is 0 Å². The molecule has 0 aliphatic carbocycles. The molecule has 2 atom stereocenters. The molecule has 5 rings (SSSR count). The molecule has 5 N–H and O–H groups in total. The standard InChI is InChI=1S/C30H27F2IN4O5/c1-16(17-5-3-2-4-6-17)27(28-34-13-24(35-28)25-22(31)11-19(33)12-23(25)32)37-29(40)26(36-30(37)41)18-7-9-20(10-8-18)42-21(14-38)15-39/h2-13,16,21,27,38-40H,14-15H2,1H3,(H,34,35)(H,36,41)/t16-,27-/m0/s1. The minimum absolute atomic E-state index is 0.0876. The number of aromatic hydroxyl groups is 1. The van der Waals surface area contributed by atoms with E-state index in [1.165, 1.54) is 18.3 Å². The van der Waals surface area contributed by atoms with Gasteiger partial charge in [0.1, 0.15) is 41.0 Å². The lowest BCUT2D eigenvalue weighted by Gasteiger charge is -2.24. The number of aliphatic hydroxyl groups excluding tert-OH is 2.